The van der Waals surface area contributed by atoms with Crippen LogP contribution in [0.3, 0.4) is 0 Å². The smallest absolute Gasteiger partial charge is 0.466 e. The van der Waals surface area contributed by atoms with Crippen molar-refractivity contribution in [2.45, 2.75) is 25.6 Å². The van der Waals surface area contributed by atoms with Crippen LogP contribution in [0.25, 0.3) is 6.08 Å². The number of rotatable bonds is 6. The summed E-state index contributed by atoms with van der Waals surface area (Å²) < 4.78 is 69.6. The predicted octanol–water partition coefficient (Wildman–Crippen LogP) is 4.19. The highest BCUT2D eigenvalue weighted by Gasteiger charge is 2.61. The van der Waals surface area contributed by atoms with Crippen LogP contribution in [0.4, 0.5) is 22.0 Å². The van der Waals surface area contributed by atoms with E-state index < -0.39 is 24.0 Å². The van der Waals surface area contributed by atoms with E-state index >= 15 is 0 Å². The third kappa shape index (κ3) is 5.34. The molecule has 0 atom stereocenters. The van der Waals surface area contributed by atoms with E-state index in [1.807, 2.05) is 0 Å². The second kappa shape index (κ2) is 7.24. The van der Waals surface area contributed by atoms with Gasteiger partial charge >= 0.3 is 18.3 Å². The van der Waals surface area contributed by atoms with Crippen molar-refractivity contribution in [3.63, 3.8) is 0 Å². The Hall–Kier alpha value is -2.12. The first-order valence-corrected chi connectivity index (χ1v) is 6.21. The minimum Gasteiger partial charge on any atom is -0.466 e. The van der Waals surface area contributed by atoms with Gasteiger partial charge < -0.3 is 9.47 Å². The molecule has 0 saturated carbocycles. The average molecular weight is 324 g/mol. The summed E-state index contributed by atoms with van der Waals surface area (Å²) in [5.41, 5.74) is 0.506. The van der Waals surface area contributed by atoms with Gasteiger partial charge in [0.15, 0.2) is 0 Å². The van der Waals surface area contributed by atoms with Crippen molar-refractivity contribution in [1.82, 2.24) is 0 Å². The molecule has 0 bridgehead atoms. The molecule has 1 rings (SSSR count). The average Bonchev–Trinajstić information content (AvgIpc) is 2.39. The molecule has 0 saturated heterocycles. The predicted molar refractivity (Wildman–Crippen MR) is 68.4 cm³/mol. The number of carbonyl (C=O) groups is 1. The third-order valence-corrected chi connectivity index (χ3v) is 2.36. The zero-order valence-corrected chi connectivity index (χ0v) is 11.5. The maximum absolute atomic E-state index is 12.7. The standard InChI is InChI=1S/C14H13F5O3/c1-2-21-12(20)5-3-4-10-6-8-11(9-7-10)22-14(18,19)13(15,16)17/h3-4,6-9H,2,5H2,1H3. The molecule has 0 aliphatic heterocycles. The van der Waals surface area contributed by atoms with Crippen LogP contribution >= 0.6 is 0 Å². The third-order valence-electron chi connectivity index (χ3n) is 2.36. The lowest BCUT2D eigenvalue weighted by atomic mass is 10.2. The van der Waals surface area contributed by atoms with Gasteiger partial charge in [-0.1, -0.05) is 24.3 Å². The van der Waals surface area contributed by atoms with Gasteiger partial charge in [-0.15, -0.1) is 0 Å². The van der Waals surface area contributed by atoms with E-state index in [4.69, 9.17) is 0 Å². The Morgan fingerprint density at radius 3 is 2.23 bits per heavy atom. The van der Waals surface area contributed by atoms with E-state index in [1.54, 1.807) is 6.92 Å². The number of alkyl halides is 5. The van der Waals surface area contributed by atoms with Crippen LogP contribution in [0.15, 0.2) is 30.3 Å². The van der Waals surface area contributed by atoms with Gasteiger partial charge in [0.05, 0.1) is 13.0 Å². The molecule has 3 nitrogen and oxygen atoms in total. The van der Waals surface area contributed by atoms with Crippen LogP contribution in [0.5, 0.6) is 5.75 Å². The zero-order chi connectivity index (χ0) is 16.8. The summed E-state index contributed by atoms with van der Waals surface area (Å²) in [4.78, 5) is 11.1. The Labute approximate surface area is 123 Å². The minimum atomic E-state index is -5.79. The van der Waals surface area contributed by atoms with Gasteiger partial charge in [-0.05, 0) is 24.6 Å². The van der Waals surface area contributed by atoms with Crippen LogP contribution in [-0.2, 0) is 9.53 Å². The summed E-state index contributed by atoms with van der Waals surface area (Å²) in [6.45, 7) is 1.92. The van der Waals surface area contributed by atoms with Crippen LogP contribution < -0.4 is 4.74 Å². The number of halogens is 5. The lowest BCUT2D eigenvalue weighted by Gasteiger charge is -2.20. The summed E-state index contributed by atoms with van der Waals surface area (Å²) in [7, 11) is 0. The molecular formula is C14H13F5O3. The van der Waals surface area contributed by atoms with Gasteiger partial charge in [0, 0.05) is 0 Å². The van der Waals surface area contributed by atoms with Crippen LogP contribution in [-0.4, -0.2) is 24.9 Å². The molecule has 22 heavy (non-hydrogen) atoms. The quantitative estimate of drug-likeness (QED) is 0.581. The topological polar surface area (TPSA) is 35.5 Å². The highest BCUT2D eigenvalue weighted by molar-refractivity contribution is 5.72. The number of carbonyl (C=O) groups excluding carboxylic acids is 1. The second-order valence-corrected chi connectivity index (χ2v) is 4.10. The number of ether oxygens (including phenoxy) is 2. The fraction of sp³-hybridized carbons (Fsp3) is 0.357. The first kappa shape index (κ1) is 17.9. The van der Waals surface area contributed by atoms with Gasteiger partial charge in [0.1, 0.15) is 5.75 Å². The molecule has 8 heteroatoms. The molecule has 0 aromatic heterocycles. The minimum absolute atomic E-state index is 0.0260. The first-order valence-electron chi connectivity index (χ1n) is 6.21. The van der Waals surface area contributed by atoms with Crippen molar-refractivity contribution in [3.05, 3.63) is 35.9 Å². The van der Waals surface area contributed by atoms with E-state index in [-0.39, 0.29) is 13.0 Å². The molecule has 1 aromatic rings. The highest BCUT2D eigenvalue weighted by Crippen LogP contribution is 2.37. The normalized spacial score (nSPS) is 12.5. The number of hydrogen-bond acceptors (Lipinski definition) is 3. The van der Waals surface area contributed by atoms with Gasteiger partial charge in [0.2, 0.25) is 0 Å². The molecule has 0 radical (unpaired) electrons. The molecule has 0 amide bonds. The van der Waals surface area contributed by atoms with Gasteiger partial charge in [-0.25, -0.2) is 0 Å². The van der Waals surface area contributed by atoms with Crippen LogP contribution in [0, 0.1) is 0 Å². The molecule has 0 aliphatic carbocycles. The van der Waals surface area contributed by atoms with Crippen molar-refractivity contribution in [2.24, 2.45) is 0 Å². The maximum Gasteiger partial charge on any atom is 0.499 e. The second-order valence-electron chi connectivity index (χ2n) is 4.10. The molecule has 0 unspecified atom stereocenters. The zero-order valence-electron chi connectivity index (χ0n) is 11.5. The van der Waals surface area contributed by atoms with Crippen molar-refractivity contribution in [2.75, 3.05) is 6.61 Å². The number of esters is 1. The van der Waals surface area contributed by atoms with Gasteiger partial charge in [0.25, 0.3) is 0 Å². The van der Waals surface area contributed by atoms with E-state index in [0.717, 1.165) is 12.1 Å². The maximum atomic E-state index is 12.7. The molecule has 0 aliphatic rings. The fourth-order valence-electron chi connectivity index (χ4n) is 1.36. The van der Waals surface area contributed by atoms with Crippen molar-refractivity contribution in [1.29, 1.82) is 0 Å². The summed E-state index contributed by atoms with van der Waals surface area (Å²) in [6.07, 6.45) is -8.03. The monoisotopic (exact) mass is 324 g/mol. The lowest BCUT2D eigenvalue weighted by molar-refractivity contribution is -0.360. The Morgan fingerprint density at radius 1 is 1.14 bits per heavy atom. The summed E-state index contributed by atoms with van der Waals surface area (Å²) >= 11 is 0. The van der Waals surface area contributed by atoms with Crippen molar-refractivity contribution < 1.29 is 36.2 Å². The molecule has 0 N–H and O–H groups in total. The van der Waals surface area contributed by atoms with E-state index in [9.17, 15) is 26.7 Å². The van der Waals surface area contributed by atoms with Crippen LogP contribution in [0.1, 0.15) is 18.9 Å². The van der Waals surface area contributed by atoms with E-state index in [1.165, 1.54) is 24.3 Å². The molecule has 122 valence electrons. The largest absolute Gasteiger partial charge is 0.499 e. The van der Waals surface area contributed by atoms with Gasteiger partial charge in [-0.2, -0.15) is 22.0 Å². The molecule has 1 aromatic carbocycles. The molecular weight excluding hydrogens is 311 g/mol. The Bertz CT molecular complexity index is 520. The fourth-order valence-corrected chi connectivity index (χ4v) is 1.36. The number of hydrogen-bond donors (Lipinski definition) is 0. The summed E-state index contributed by atoms with van der Waals surface area (Å²) in [6, 6.07) is 4.51. The van der Waals surface area contributed by atoms with Crippen molar-refractivity contribution >= 4 is 12.0 Å². The van der Waals surface area contributed by atoms with Crippen LogP contribution in [0.2, 0.25) is 0 Å². The van der Waals surface area contributed by atoms with Crippen molar-refractivity contribution in [3.8, 4) is 5.75 Å². The Balaban J connectivity index is 2.64. The summed E-state index contributed by atoms with van der Waals surface area (Å²) in [5, 5.41) is 0. The lowest BCUT2D eigenvalue weighted by Crippen LogP contribution is -2.41. The van der Waals surface area contributed by atoms with E-state index in [0.29, 0.717) is 5.56 Å². The highest BCUT2D eigenvalue weighted by atomic mass is 19.4. The molecule has 0 fully saturated rings. The van der Waals surface area contributed by atoms with Gasteiger partial charge in [-0.3, -0.25) is 4.79 Å². The molecule has 0 heterocycles. The molecule has 0 spiro atoms. The number of benzene rings is 1. The van der Waals surface area contributed by atoms with E-state index in [2.05, 4.69) is 9.47 Å². The Kier molecular flexibility index (Phi) is 5.90. The first-order chi connectivity index (χ1) is 10.2. The SMILES string of the molecule is CCOC(=O)CC=Cc1ccc(OC(F)(F)C(F)(F)F)cc1. The summed E-state index contributed by atoms with van der Waals surface area (Å²) in [5.74, 6) is -1.05. The Morgan fingerprint density at radius 2 is 1.73 bits per heavy atom.